The molecule has 6 heteroatoms. The van der Waals surface area contributed by atoms with Crippen LogP contribution in [-0.4, -0.2) is 41.4 Å². The third-order valence-electron chi connectivity index (χ3n) is 4.87. The van der Waals surface area contributed by atoms with E-state index in [0.29, 0.717) is 19.0 Å². The third-order valence-corrected chi connectivity index (χ3v) is 4.87. The van der Waals surface area contributed by atoms with Gasteiger partial charge in [0, 0.05) is 45.6 Å². The highest BCUT2D eigenvalue weighted by molar-refractivity contribution is 5.73. The number of amides is 2. The lowest BCUT2D eigenvalue weighted by Gasteiger charge is -2.40. The highest BCUT2D eigenvalue weighted by Gasteiger charge is 2.37. The molecular formula is C15H24N4O2. The van der Waals surface area contributed by atoms with E-state index in [0.717, 1.165) is 38.1 Å². The molecule has 2 heterocycles. The van der Waals surface area contributed by atoms with Gasteiger partial charge in [0.2, 0.25) is 0 Å². The minimum atomic E-state index is -0.118. The van der Waals surface area contributed by atoms with E-state index in [1.54, 1.807) is 7.11 Å². The van der Waals surface area contributed by atoms with Crippen molar-refractivity contribution in [2.24, 2.45) is 5.92 Å². The fourth-order valence-corrected chi connectivity index (χ4v) is 3.15. The lowest BCUT2D eigenvalue weighted by atomic mass is 9.80. The van der Waals surface area contributed by atoms with Gasteiger partial charge in [-0.05, 0) is 31.6 Å². The van der Waals surface area contributed by atoms with Gasteiger partial charge in [0.15, 0.2) is 0 Å². The summed E-state index contributed by atoms with van der Waals surface area (Å²) < 4.78 is 7.69. The topological polar surface area (TPSA) is 68.2 Å². The van der Waals surface area contributed by atoms with Gasteiger partial charge in [-0.3, -0.25) is 0 Å². The predicted octanol–water partition coefficient (Wildman–Crippen LogP) is 1.31. The Morgan fingerprint density at radius 1 is 1.52 bits per heavy atom. The molecule has 1 aliphatic heterocycles. The summed E-state index contributed by atoms with van der Waals surface area (Å²) in [5.74, 6) is 1.60. The van der Waals surface area contributed by atoms with E-state index in [1.165, 1.54) is 6.42 Å². The number of nitrogens with zero attached hydrogens (tertiary/aromatic N) is 2. The SMILES string of the molecule is COC1(CNC(=O)NCC2CCn3ccnc3C2)CCC1. The Kier molecular flexibility index (Phi) is 4.14. The Labute approximate surface area is 125 Å². The molecule has 0 spiro atoms. The summed E-state index contributed by atoms with van der Waals surface area (Å²) in [7, 11) is 1.73. The molecular weight excluding hydrogens is 268 g/mol. The van der Waals surface area contributed by atoms with Crippen LogP contribution < -0.4 is 10.6 Å². The van der Waals surface area contributed by atoms with Crippen LogP contribution in [0.2, 0.25) is 0 Å². The molecule has 116 valence electrons. The number of hydrogen-bond acceptors (Lipinski definition) is 3. The van der Waals surface area contributed by atoms with E-state index < -0.39 is 0 Å². The van der Waals surface area contributed by atoms with Gasteiger partial charge < -0.3 is 19.9 Å². The summed E-state index contributed by atoms with van der Waals surface area (Å²) >= 11 is 0. The van der Waals surface area contributed by atoms with Crippen molar-refractivity contribution in [3.8, 4) is 0 Å². The van der Waals surface area contributed by atoms with Gasteiger partial charge in [-0.15, -0.1) is 0 Å². The van der Waals surface area contributed by atoms with E-state index in [1.807, 2.05) is 12.4 Å². The molecule has 6 nitrogen and oxygen atoms in total. The smallest absolute Gasteiger partial charge is 0.314 e. The van der Waals surface area contributed by atoms with Crippen molar-refractivity contribution in [1.82, 2.24) is 20.2 Å². The van der Waals surface area contributed by atoms with Gasteiger partial charge in [-0.1, -0.05) is 0 Å². The molecule has 3 rings (SSSR count). The molecule has 2 aliphatic rings. The molecule has 1 saturated carbocycles. The molecule has 1 aromatic rings. The number of aromatic nitrogens is 2. The third kappa shape index (κ3) is 3.20. The largest absolute Gasteiger partial charge is 0.376 e. The first-order chi connectivity index (χ1) is 10.2. The molecule has 1 atom stereocenters. The Hall–Kier alpha value is -1.56. The first-order valence-corrected chi connectivity index (χ1v) is 7.78. The van der Waals surface area contributed by atoms with Gasteiger partial charge in [0.25, 0.3) is 0 Å². The average Bonchev–Trinajstić information content (AvgIpc) is 2.92. The van der Waals surface area contributed by atoms with Crippen molar-refractivity contribution in [2.45, 2.75) is 44.2 Å². The Morgan fingerprint density at radius 2 is 2.38 bits per heavy atom. The molecule has 1 unspecified atom stereocenters. The lowest BCUT2D eigenvalue weighted by molar-refractivity contribution is -0.0674. The summed E-state index contributed by atoms with van der Waals surface area (Å²) in [6.07, 6.45) is 9.16. The van der Waals surface area contributed by atoms with Crippen LogP contribution in [0.5, 0.6) is 0 Å². The molecule has 1 aliphatic carbocycles. The quantitative estimate of drug-likeness (QED) is 0.860. The number of methoxy groups -OCH3 is 1. The van der Waals surface area contributed by atoms with Gasteiger partial charge in [-0.25, -0.2) is 9.78 Å². The Bertz CT molecular complexity index is 490. The second-order valence-electron chi connectivity index (χ2n) is 6.20. The minimum Gasteiger partial charge on any atom is -0.376 e. The normalized spacial score (nSPS) is 23.0. The number of carbonyl (C=O) groups is 1. The molecule has 0 aromatic carbocycles. The molecule has 0 bridgehead atoms. The number of urea groups is 1. The summed E-state index contributed by atoms with van der Waals surface area (Å²) in [4.78, 5) is 16.2. The number of rotatable bonds is 5. The van der Waals surface area contributed by atoms with E-state index in [4.69, 9.17) is 4.74 Å². The van der Waals surface area contributed by atoms with E-state index in [2.05, 4.69) is 20.2 Å². The highest BCUT2D eigenvalue weighted by Crippen LogP contribution is 2.34. The number of fused-ring (bicyclic) bond motifs is 1. The van der Waals surface area contributed by atoms with Gasteiger partial charge in [-0.2, -0.15) is 0 Å². The van der Waals surface area contributed by atoms with Crippen LogP contribution in [0, 0.1) is 5.92 Å². The summed E-state index contributed by atoms with van der Waals surface area (Å²) in [5.41, 5.74) is -0.118. The number of hydrogen-bond donors (Lipinski definition) is 2. The van der Waals surface area contributed by atoms with Crippen LogP contribution in [0.25, 0.3) is 0 Å². The monoisotopic (exact) mass is 292 g/mol. The standard InChI is InChI=1S/C15H24N4O2/c1-21-15(4-2-5-15)11-18-14(20)17-10-12-3-7-19-8-6-16-13(19)9-12/h6,8,12H,2-5,7,9-11H2,1H3,(H2,17,18,20). The maximum Gasteiger partial charge on any atom is 0.314 e. The maximum absolute atomic E-state index is 11.9. The Balaban J connectivity index is 1.38. The summed E-state index contributed by atoms with van der Waals surface area (Å²) in [5, 5.41) is 5.91. The zero-order valence-corrected chi connectivity index (χ0v) is 12.6. The van der Waals surface area contributed by atoms with Crippen LogP contribution in [0.15, 0.2) is 12.4 Å². The van der Waals surface area contributed by atoms with Crippen molar-refractivity contribution in [2.75, 3.05) is 20.2 Å². The van der Waals surface area contributed by atoms with Crippen LogP contribution in [0.1, 0.15) is 31.5 Å². The molecule has 2 N–H and O–H groups in total. The highest BCUT2D eigenvalue weighted by atomic mass is 16.5. The zero-order valence-electron chi connectivity index (χ0n) is 12.6. The molecule has 1 aromatic heterocycles. The fourth-order valence-electron chi connectivity index (χ4n) is 3.15. The van der Waals surface area contributed by atoms with Gasteiger partial charge in [0.1, 0.15) is 5.82 Å². The molecule has 0 radical (unpaired) electrons. The molecule has 21 heavy (non-hydrogen) atoms. The first kappa shape index (κ1) is 14.4. The van der Waals surface area contributed by atoms with Crippen LogP contribution in [-0.2, 0) is 17.7 Å². The lowest BCUT2D eigenvalue weighted by Crippen LogP contribution is -2.51. The Morgan fingerprint density at radius 3 is 3.10 bits per heavy atom. The molecule has 1 fully saturated rings. The minimum absolute atomic E-state index is 0.0905. The van der Waals surface area contributed by atoms with Crippen molar-refractivity contribution in [1.29, 1.82) is 0 Å². The van der Waals surface area contributed by atoms with E-state index >= 15 is 0 Å². The van der Waals surface area contributed by atoms with Crippen molar-refractivity contribution >= 4 is 6.03 Å². The average molecular weight is 292 g/mol. The van der Waals surface area contributed by atoms with E-state index in [9.17, 15) is 4.79 Å². The first-order valence-electron chi connectivity index (χ1n) is 7.78. The van der Waals surface area contributed by atoms with Crippen molar-refractivity contribution in [3.63, 3.8) is 0 Å². The number of imidazole rings is 1. The van der Waals surface area contributed by atoms with Crippen LogP contribution in [0.3, 0.4) is 0 Å². The second-order valence-corrected chi connectivity index (χ2v) is 6.20. The number of aryl methyl sites for hydroxylation is 1. The van der Waals surface area contributed by atoms with Crippen LogP contribution in [0.4, 0.5) is 4.79 Å². The molecule has 2 amide bonds. The predicted molar refractivity (Wildman–Crippen MR) is 79.0 cm³/mol. The maximum atomic E-state index is 11.9. The van der Waals surface area contributed by atoms with E-state index in [-0.39, 0.29) is 11.6 Å². The van der Waals surface area contributed by atoms with Crippen molar-refractivity contribution < 1.29 is 9.53 Å². The number of ether oxygens (including phenoxy) is 1. The zero-order chi connectivity index (χ0) is 14.7. The van der Waals surface area contributed by atoms with Gasteiger partial charge in [0.05, 0.1) is 5.60 Å². The molecule has 0 saturated heterocycles. The van der Waals surface area contributed by atoms with Crippen LogP contribution >= 0.6 is 0 Å². The summed E-state index contributed by atoms with van der Waals surface area (Å²) in [6.45, 7) is 2.30. The fraction of sp³-hybridized carbons (Fsp3) is 0.733. The van der Waals surface area contributed by atoms with Crippen molar-refractivity contribution in [3.05, 3.63) is 18.2 Å². The van der Waals surface area contributed by atoms with Gasteiger partial charge >= 0.3 is 6.03 Å². The number of nitrogens with one attached hydrogen (secondary N) is 2. The summed E-state index contributed by atoms with van der Waals surface area (Å²) in [6, 6.07) is -0.0905. The number of carbonyl (C=O) groups excluding carboxylic acids is 1. The second kappa shape index (κ2) is 6.05.